The van der Waals surface area contributed by atoms with E-state index in [0.29, 0.717) is 29.1 Å². The monoisotopic (exact) mass is 474 g/mol. The van der Waals surface area contributed by atoms with Crippen molar-refractivity contribution in [1.82, 2.24) is 15.2 Å². The van der Waals surface area contributed by atoms with E-state index in [-0.39, 0.29) is 17.6 Å². The number of nitrogens with one attached hydrogen (secondary N) is 3. The van der Waals surface area contributed by atoms with Crippen molar-refractivity contribution < 1.29 is 14.0 Å². The standard InChI is InChI=1S/C28H31FN4O2/c1-4-14-33(5-2)15-13-30-27(34)23-17-31-25(18(23)3)16-22-26-21(19-9-11-20(29)12-10-19)7-6-8-24(26)32-28(22)35/h6-12,16-17,31H,4-5,13-15H2,1-3H3,(H,30,34)(H,32,35)/b22-16-. The molecule has 6 nitrogen and oxygen atoms in total. The number of carbonyl (C=O) groups is 2. The molecule has 0 bridgehead atoms. The Bertz CT molecular complexity index is 1260. The Balaban J connectivity index is 1.59. The van der Waals surface area contributed by atoms with Gasteiger partial charge in [0.15, 0.2) is 0 Å². The molecule has 3 N–H and O–H groups in total. The first kappa shape index (κ1) is 24.4. The van der Waals surface area contributed by atoms with Crippen LogP contribution in [0, 0.1) is 12.7 Å². The Hall–Kier alpha value is -3.71. The number of hydrogen-bond donors (Lipinski definition) is 3. The Kier molecular flexibility index (Phi) is 7.46. The first-order valence-corrected chi connectivity index (χ1v) is 12.0. The summed E-state index contributed by atoms with van der Waals surface area (Å²) in [4.78, 5) is 31.1. The molecule has 0 saturated carbocycles. The molecule has 1 aliphatic heterocycles. The maximum atomic E-state index is 13.5. The molecule has 1 aliphatic rings. The van der Waals surface area contributed by atoms with E-state index in [2.05, 4.69) is 34.4 Å². The lowest BCUT2D eigenvalue weighted by Gasteiger charge is -2.19. The average Bonchev–Trinajstić information content (AvgIpc) is 3.38. The number of aromatic nitrogens is 1. The van der Waals surface area contributed by atoms with E-state index >= 15 is 0 Å². The number of aromatic amines is 1. The molecule has 0 fully saturated rings. The molecule has 0 radical (unpaired) electrons. The minimum Gasteiger partial charge on any atom is -0.361 e. The molecule has 0 atom stereocenters. The van der Waals surface area contributed by atoms with Gasteiger partial charge in [0, 0.05) is 36.2 Å². The van der Waals surface area contributed by atoms with Gasteiger partial charge in [-0.05, 0) is 67.4 Å². The van der Waals surface area contributed by atoms with Gasteiger partial charge in [0.25, 0.3) is 11.8 Å². The number of fused-ring (bicyclic) bond motifs is 1. The minimum absolute atomic E-state index is 0.140. The van der Waals surface area contributed by atoms with Crippen LogP contribution in [0.1, 0.15) is 47.4 Å². The number of H-pyrrole nitrogens is 1. The lowest BCUT2D eigenvalue weighted by atomic mass is 9.94. The van der Waals surface area contributed by atoms with Crippen LogP contribution in [0.2, 0.25) is 0 Å². The fourth-order valence-electron chi connectivity index (χ4n) is 4.47. The van der Waals surface area contributed by atoms with Gasteiger partial charge in [0.1, 0.15) is 5.82 Å². The number of halogens is 1. The second-order valence-electron chi connectivity index (χ2n) is 8.68. The van der Waals surface area contributed by atoms with Crippen LogP contribution >= 0.6 is 0 Å². The SMILES string of the molecule is CCCN(CC)CCNC(=O)c1c[nH]c(/C=C2\C(=O)Nc3cccc(-c4ccc(F)cc4)c32)c1C. The van der Waals surface area contributed by atoms with Crippen LogP contribution in [0.15, 0.2) is 48.7 Å². The summed E-state index contributed by atoms with van der Waals surface area (Å²) in [7, 11) is 0. The van der Waals surface area contributed by atoms with Crippen molar-refractivity contribution in [2.45, 2.75) is 27.2 Å². The number of amides is 2. The maximum absolute atomic E-state index is 13.5. The van der Waals surface area contributed by atoms with Gasteiger partial charge in [0.05, 0.1) is 11.1 Å². The summed E-state index contributed by atoms with van der Waals surface area (Å²) >= 11 is 0. The van der Waals surface area contributed by atoms with E-state index in [4.69, 9.17) is 0 Å². The number of carbonyl (C=O) groups excluding carboxylic acids is 2. The highest BCUT2D eigenvalue weighted by Gasteiger charge is 2.28. The molecule has 182 valence electrons. The average molecular weight is 475 g/mol. The highest BCUT2D eigenvalue weighted by Crippen LogP contribution is 2.40. The molecule has 3 aromatic rings. The molecule has 0 aliphatic carbocycles. The van der Waals surface area contributed by atoms with Crippen molar-refractivity contribution in [3.63, 3.8) is 0 Å². The summed E-state index contributed by atoms with van der Waals surface area (Å²) in [5.74, 6) is -0.670. The van der Waals surface area contributed by atoms with Crippen molar-refractivity contribution >= 4 is 29.2 Å². The zero-order chi connectivity index (χ0) is 24.9. The van der Waals surface area contributed by atoms with Crippen LogP contribution in [0.3, 0.4) is 0 Å². The van der Waals surface area contributed by atoms with Crippen LogP contribution < -0.4 is 10.6 Å². The maximum Gasteiger partial charge on any atom is 0.256 e. The Morgan fingerprint density at radius 1 is 1.11 bits per heavy atom. The molecule has 0 spiro atoms. The molecular formula is C28H31FN4O2. The number of rotatable bonds is 9. The number of benzene rings is 2. The molecular weight excluding hydrogens is 443 g/mol. The summed E-state index contributed by atoms with van der Waals surface area (Å²) in [6.45, 7) is 9.47. The topological polar surface area (TPSA) is 77.2 Å². The van der Waals surface area contributed by atoms with Crippen molar-refractivity contribution in [3.05, 3.63) is 76.9 Å². The van der Waals surface area contributed by atoms with Crippen LogP contribution in [-0.4, -0.2) is 47.9 Å². The number of anilines is 1. The van der Waals surface area contributed by atoms with E-state index in [9.17, 15) is 14.0 Å². The first-order valence-electron chi connectivity index (χ1n) is 12.0. The Morgan fingerprint density at radius 2 is 1.89 bits per heavy atom. The van der Waals surface area contributed by atoms with E-state index in [1.807, 2.05) is 25.1 Å². The van der Waals surface area contributed by atoms with Crippen molar-refractivity contribution in [3.8, 4) is 11.1 Å². The van der Waals surface area contributed by atoms with Crippen LogP contribution in [0.5, 0.6) is 0 Å². The second-order valence-corrected chi connectivity index (χ2v) is 8.68. The summed E-state index contributed by atoms with van der Waals surface area (Å²) in [5.41, 5.74) is 5.65. The zero-order valence-corrected chi connectivity index (χ0v) is 20.4. The van der Waals surface area contributed by atoms with Gasteiger partial charge in [-0.1, -0.05) is 38.1 Å². The number of likely N-dealkylation sites (N-methyl/N-ethyl adjacent to an activating group) is 1. The molecule has 2 amide bonds. The fourth-order valence-corrected chi connectivity index (χ4v) is 4.47. The molecule has 0 saturated heterocycles. The van der Waals surface area contributed by atoms with Gasteiger partial charge >= 0.3 is 0 Å². The quantitative estimate of drug-likeness (QED) is 0.379. The third-order valence-electron chi connectivity index (χ3n) is 6.40. The largest absolute Gasteiger partial charge is 0.361 e. The highest BCUT2D eigenvalue weighted by atomic mass is 19.1. The summed E-state index contributed by atoms with van der Waals surface area (Å²) in [6, 6.07) is 11.8. The van der Waals surface area contributed by atoms with E-state index in [0.717, 1.165) is 48.3 Å². The third kappa shape index (κ3) is 5.20. The van der Waals surface area contributed by atoms with Gasteiger partial charge in [-0.25, -0.2) is 4.39 Å². The van der Waals surface area contributed by atoms with Crippen LogP contribution in [0.25, 0.3) is 22.8 Å². The summed E-state index contributed by atoms with van der Waals surface area (Å²) in [6.07, 6.45) is 4.54. The summed E-state index contributed by atoms with van der Waals surface area (Å²) in [5, 5.41) is 5.91. The van der Waals surface area contributed by atoms with Gasteiger partial charge in [-0.15, -0.1) is 0 Å². The van der Waals surface area contributed by atoms with Crippen molar-refractivity contribution in [1.29, 1.82) is 0 Å². The minimum atomic E-state index is -0.313. The lowest BCUT2D eigenvalue weighted by molar-refractivity contribution is -0.110. The number of hydrogen-bond acceptors (Lipinski definition) is 3. The van der Waals surface area contributed by atoms with Gasteiger partial charge in [0.2, 0.25) is 0 Å². The van der Waals surface area contributed by atoms with E-state index in [1.54, 1.807) is 24.4 Å². The molecule has 2 heterocycles. The van der Waals surface area contributed by atoms with Crippen LogP contribution in [-0.2, 0) is 4.79 Å². The van der Waals surface area contributed by atoms with Gasteiger partial charge in [-0.2, -0.15) is 0 Å². The fraction of sp³-hybridized carbons (Fsp3) is 0.286. The van der Waals surface area contributed by atoms with E-state index in [1.165, 1.54) is 12.1 Å². The Morgan fingerprint density at radius 3 is 2.60 bits per heavy atom. The van der Waals surface area contributed by atoms with Crippen molar-refractivity contribution in [2.75, 3.05) is 31.5 Å². The predicted octanol–water partition coefficient (Wildman–Crippen LogP) is 5.08. The number of nitrogens with zero attached hydrogens (tertiary/aromatic N) is 1. The molecule has 4 rings (SSSR count). The molecule has 35 heavy (non-hydrogen) atoms. The normalized spacial score (nSPS) is 13.9. The molecule has 1 aromatic heterocycles. The second kappa shape index (κ2) is 10.7. The predicted molar refractivity (Wildman–Crippen MR) is 139 cm³/mol. The Labute approximate surface area is 205 Å². The van der Waals surface area contributed by atoms with Crippen LogP contribution in [0.4, 0.5) is 10.1 Å². The highest BCUT2D eigenvalue weighted by molar-refractivity contribution is 6.36. The van der Waals surface area contributed by atoms with Gasteiger partial charge < -0.3 is 20.5 Å². The lowest BCUT2D eigenvalue weighted by Crippen LogP contribution is -2.35. The van der Waals surface area contributed by atoms with Crippen molar-refractivity contribution in [2.24, 2.45) is 0 Å². The zero-order valence-electron chi connectivity index (χ0n) is 20.4. The molecule has 7 heteroatoms. The molecule has 0 unspecified atom stereocenters. The molecule has 2 aromatic carbocycles. The first-order chi connectivity index (χ1) is 16.9. The van der Waals surface area contributed by atoms with Gasteiger partial charge in [-0.3, -0.25) is 9.59 Å². The third-order valence-corrected chi connectivity index (χ3v) is 6.40. The smallest absolute Gasteiger partial charge is 0.256 e. The summed E-state index contributed by atoms with van der Waals surface area (Å²) < 4.78 is 13.5. The van der Waals surface area contributed by atoms with E-state index < -0.39 is 0 Å².